The maximum absolute atomic E-state index is 9.53. The van der Waals surface area contributed by atoms with Gasteiger partial charge in [-0.3, -0.25) is 0 Å². The fraction of sp³-hybridized carbons (Fsp3) is 1.00. The molecular weight excluding hydrogens is 188 g/mol. The van der Waals surface area contributed by atoms with Crippen LogP contribution in [0.4, 0.5) is 0 Å². The monoisotopic (exact) mass is 214 g/mol. The Hall–Kier alpha value is -0.120. The van der Waals surface area contributed by atoms with Crippen molar-refractivity contribution < 1.29 is 5.11 Å². The van der Waals surface area contributed by atoms with Crippen LogP contribution in [-0.4, -0.2) is 49.3 Å². The van der Waals surface area contributed by atoms with E-state index >= 15 is 0 Å². The molecule has 2 N–H and O–H groups in total. The summed E-state index contributed by atoms with van der Waals surface area (Å²) in [6, 6.07) is 0. The summed E-state index contributed by atoms with van der Waals surface area (Å²) < 4.78 is 0. The number of hydrogen-bond donors (Lipinski definition) is 2. The second kappa shape index (κ2) is 5.28. The second-order valence-electron chi connectivity index (χ2n) is 5.72. The molecular formula is C12H26N2O. The Kier molecular flexibility index (Phi) is 4.56. The van der Waals surface area contributed by atoms with Crippen LogP contribution in [-0.2, 0) is 0 Å². The van der Waals surface area contributed by atoms with Crippen molar-refractivity contribution in [3.63, 3.8) is 0 Å². The number of likely N-dealkylation sites (tertiary alicyclic amines) is 1. The Balaban J connectivity index is 2.35. The molecule has 0 spiro atoms. The number of nitrogens with one attached hydrogen (secondary N) is 1. The molecule has 1 saturated heterocycles. The third-order valence-corrected chi connectivity index (χ3v) is 3.30. The molecule has 0 aromatic carbocycles. The van der Waals surface area contributed by atoms with Crippen LogP contribution >= 0.6 is 0 Å². The molecule has 0 aromatic rings. The van der Waals surface area contributed by atoms with E-state index in [-0.39, 0.29) is 6.10 Å². The molecule has 1 fully saturated rings. The van der Waals surface area contributed by atoms with Crippen LogP contribution in [0.15, 0.2) is 0 Å². The van der Waals surface area contributed by atoms with E-state index in [1.807, 2.05) is 14.0 Å². The highest BCUT2D eigenvalue weighted by Crippen LogP contribution is 2.24. The molecule has 0 aromatic heterocycles. The van der Waals surface area contributed by atoms with Crippen molar-refractivity contribution in [2.24, 2.45) is 11.3 Å². The molecule has 0 radical (unpaired) electrons. The van der Waals surface area contributed by atoms with E-state index in [1.165, 1.54) is 0 Å². The van der Waals surface area contributed by atoms with Crippen molar-refractivity contribution in [1.29, 1.82) is 0 Å². The lowest BCUT2D eigenvalue weighted by molar-refractivity contribution is 0.121. The highest BCUT2D eigenvalue weighted by atomic mass is 16.3. The lowest BCUT2D eigenvalue weighted by Gasteiger charge is -2.30. The van der Waals surface area contributed by atoms with E-state index in [0.717, 1.165) is 32.6 Å². The van der Waals surface area contributed by atoms with Gasteiger partial charge in [-0.2, -0.15) is 0 Å². The summed E-state index contributed by atoms with van der Waals surface area (Å²) in [4.78, 5) is 2.48. The molecule has 2 unspecified atom stereocenters. The van der Waals surface area contributed by atoms with E-state index in [0.29, 0.717) is 11.3 Å². The van der Waals surface area contributed by atoms with Gasteiger partial charge in [0.1, 0.15) is 0 Å². The van der Waals surface area contributed by atoms with Crippen molar-refractivity contribution in [3.8, 4) is 0 Å². The molecule has 1 rings (SSSR count). The number of aliphatic hydroxyl groups excluding tert-OH is 1. The molecule has 0 bridgehead atoms. The summed E-state index contributed by atoms with van der Waals surface area (Å²) in [6.07, 6.45) is 0.996. The minimum Gasteiger partial charge on any atom is -0.393 e. The molecule has 90 valence electrons. The standard InChI is InChI=1S/C12H26N2O/c1-10(15)11-5-6-14(7-11)9-12(2,3)8-13-4/h10-11,13,15H,5-9H2,1-4H3. The first-order valence-electron chi connectivity index (χ1n) is 5.99. The van der Waals surface area contributed by atoms with Crippen LogP contribution in [0.2, 0.25) is 0 Å². The SMILES string of the molecule is CNCC(C)(C)CN1CCC(C(C)O)C1. The molecule has 3 heteroatoms. The zero-order valence-corrected chi connectivity index (χ0v) is 10.6. The van der Waals surface area contributed by atoms with E-state index in [1.54, 1.807) is 0 Å². The summed E-state index contributed by atoms with van der Waals surface area (Å²) in [5.41, 5.74) is 0.322. The van der Waals surface area contributed by atoms with Crippen LogP contribution < -0.4 is 5.32 Å². The smallest absolute Gasteiger partial charge is 0.0552 e. The van der Waals surface area contributed by atoms with Crippen LogP contribution in [0.1, 0.15) is 27.2 Å². The van der Waals surface area contributed by atoms with Gasteiger partial charge in [0.25, 0.3) is 0 Å². The van der Waals surface area contributed by atoms with Gasteiger partial charge in [0.2, 0.25) is 0 Å². The van der Waals surface area contributed by atoms with E-state index in [4.69, 9.17) is 0 Å². The maximum atomic E-state index is 9.53. The highest BCUT2D eigenvalue weighted by molar-refractivity contribution is 4.83. The molecule has 0 aliphatic carbocycles. The van der Waals surface area contributed by atoms with Crippen LogP contribution in [0, 0.1) is 11.3 Å². The first kappa shape index (κ1) is 12.9. The predicted molar refractivity (Wildman–Crippen MR) is 63.9 cm³/mol. The molecule has 15 heavy (non-hydrogen) atoms. The molecule has 1 heterocycles. The van der Waals surface area contributed by atoms with Gasteiger partial charge in [0.15, 0.2) is 0 Å². The fourth-order valence-corrected chi connectivity index (χ4v) is 2.54. The number of rotatable bonds is 5. The first-order valence-corrected chi connectivity index (χ1v) is 5.99. The molecule has 1 aliphatic heterocycles. The molecule has 3 nitrogen and oxygen atoms in total. The highest BCUT2D eigenvalue weighted by Gasteiger charge is 2.29. The number of hydrogen-bond acceptors (Lipinski definition) is 3. The molecule has 0 amide bonds. The third-order valence-electron chi connectivity index (χ3n) is 3.30. The van der Waals surface area contributed by atoms with Gasteiger partial charge in [-0.1, -0.05) is 13.8 Å². The molecule has 0 saturated carbocycles. The van der Waals surface area contributed by atoms with Crippen molar-refractivity contribution in [2.45, 2.75) is 33.3 Å². The van der Waals surface area contributed by atoms with Gasteiger partial charge in [-0.25, -0.2) is 0 Å². The lowest BCUT2D eigenvalue weighted by atomic mass is 9.93. The van der Waals surface area contributed by atoms with Crippen molar-refractivity contribution >= 4 is 0 Å². The van der Waals surface area contributed by atoms with E-state index in [2.05, 4.69) is 24.1 Å². The second-order valence-corrected chi connectivity index (χ2v) is 5.72. The molecule has 1 aliphatic rings. The quantitative estimate of drug-likeness (QED) is 0.715. The summed E-state index contributed by atoms with van der Waals surface area (Å²) in [5.74, 6) is 0.482. The average molecular weight is 214 g/mol. The third kappa shape index (κ3) is 4.09. The minimum atomic E-state index is -0.151. The Morgan fingerprint density at radius 1 is 1.53 bits per heavy atom. The van der Waals surface area contributed by atoms with Crippen LogP contribution in [0.25, 0.3) is 0 Å². The normalized spacial score (nSPS) is 25.8. The Morgan fingerprint density at radius 2 is 2.20 bits per heavy atom. The van der Waals surface area contributed by atoms with Crippen LogP contribution in [0.3, 0.4) is 0 Å². The van der Waals surface area contributed by atoms with Crippen LogP contribution in [0.5, 0.6) is 0 Å². The van der Waals surface area contributed by atoms with E-state index in [9.17, 15) is 5.11 Å². The Morgan fingerprint density at radius 3 is 2.67 bits per heavy atom. The first-order chi connectivity index (χ1) is 6.94. The van der Waals surface area contributed by atoms with Crippen molar-refractivity contribution in [1.82, 2.24) is 10.2 Å². The van der Waals surface area contributed by atoms with Gasteiger partial charge in [-0.15, -0.1) is 0 Å². The summed E-state index contributed by atoms with van der Waals surface area (Å²) in [6.45, 7) is 10.9. The zero-order valence-electron chi connectivity index (χ0n) is 10.6. The minimum absolute atomic E-state index is 0.151. The van der Waals surface area contributed by atoms with Gasteiger partial charge in [0.05, 0.1) is 6.10 Å². The van der Waals surface area contributed by atoms with E-state index < -0.39 is 0 Å². The summed E-state index contributed by atoms with van der Waals surface area (Å²) in [7, 11) is 2.00. The lowest BCUT2D eigenvalue weighted by Crippen LogP contribution is -2.39. The zero-order chi connectivity index (χ0) is 11.5. The van der Waals surface area contributed by atoms with Crippen molar-refractivity contribution in [3.05, 3.63) is 0 Å². The maximum Gasteiger partial charge on any atom is 0.0552 e. The average Bonchev–Trinajstić information content (AvgIpc) is 2.51. The largest absolute Gasteiger partial charge is 0.393 e. The van der Waals surface area contributed by atoms with Gasteiger partial charge in [-0.05, 0) is 38.3 Å². The van der Waals surface area contributed by atoms with Gasteiger partial charge < -0.3 is 15.3 Å². The summed E-state index contributed by atoms with van der Waals surface area (Å²) in [5, 5.41) is 12.8. The van der Waals surface area contributed by atoms with Gasteiger partial charge in [0, 0.05) is 19.6 Å². The predicted octanol–water partition coefficient (Wildman–Crippen LogP) is 0.935. The Bertz CT molecular complexity index is 192. The number of nitrogens with zero attached hydrogens (tertiary/aromatic N) is 1. The topological polar surface area (TPSA) is 35.5 Å². The summed E-state index contributed by atoms with van der Waals surface area (Å²) >= 11 is 0. The number of aliphatic hydroxyl groups is 1. The fourth-order valence-electron chi connectivity index (χ4n) is 2.54. The van der Waals surface area contributed by atoms with Crippen molar-refractivity contribution in [2.75, 3.05) is 33.2 Å². The Labute approximate surface area is 93.9 Å². The van der Waals surface area contributed by atoms with Gasteiger partial charge >= 0.3 is 0 Å². The molecule has 2 atom stereocenters.